The molecule has 29 heavy (non-hydrogen) atoms. The predicted octanol–water partition coefficient (Wildman–Crippen LogP) is 4.97. The van der Waals surface area contributed by atoms with Crippen molar-refractivity contribution < 1.29 is 9.59 Å². The van der Waals surface area contributed by atoms with Crippen LogP contribution in [0.1, 0.15) is 34.6 Å². The van der Waals surface area contributed by atoms with Crippen molar-refractivity contribution in [2.75, 3.05) is 0 Å². The number of benzene rings is 2. The van der Waals surface area contributed by atoms with Gasteiger partial charge in [0.05, 0.1) is 6.04 Å². The van der Waals surface area contributed by atoms with Crippen LogP contribution in [0.25, 0.3) is 16.6 Å². The van der Waals surface area contributed by atoms with E-state index in [1.807, 2.05) is 98.9 Å². The van der Waals surface area contributed by atoms with Crippen LogP contribution in [0.15, 0.2) is 85.1 Å². The summed E-state index contributed by atoms with van der Waals surface area (Å²) < 4.78 is 1.78. The zero-order chi connectivity index (χ0) is 20.4. The lowest BCUT2D eigenvalue weighted by Gasteiger charge is -2.14. The monoisotopic (exact) mass is 382 g/mol. The standard InChI is InChI=1S/C25H22N2O2/c1-17-11-13-20(14-12-17)22-16-21-10-6-7-15-27(21)23(22)24(28)25(29)26-18(2)19-8-4-3-5-9-19/h3-16,18H,1-2H3,(H,26,29)/t18-/m0/s1. The largest absolute Gasteiger partial charge is 0.343 e. The van der Waals surface area contributed by atoms with E-state index in [1.165, 1.54) is 0 Å². The summed E-state index contributed by atoms with van der Waals surface area (Å²) in [6.45, 7) is 3.89. The number of Topliss-reactive ketones (excluding diaryl/α,β-unsaturated/α-hetero) is 1. The van der Waals surface area contributed by atoms with Gasteiger partial charge < -0.3 is 9.72 Å². The average Bonchev–Trinajstić information content (AvgIpc) is 3.13. The zero-order valence-corrected chi connectivity index (χ0v) is 16.4. The smallest absolute Gasteiger partial charge is 0.294 e. The van der Waals surface area contributed by atoms with Crippen LogP contribution in [0, 0.1) is 6.92 Å². The average molecular weight is 382 g/mol. The highest BCUT2D eigenvalue weighted by atomic mass is 16.2. The number of carbonyl (C=O) groups excluding carboxylic acids is 2. The molecule has 144 valence electrons. The highest BCUT2D eigenvalue weighted by Crippen LogP contribution is 2.29. The van der Waals surface area contributed by atoms with Gasteiger partial charge >= 0.3 is 0 Å². The number of nitrogens with zero attached hydrogens (tertiary/aromatic N) is 1. The molecule has 2 heterocycles. The molecule has 4 aromatic rings. The summed E-state index contributed by atoms with van der Waals surface area (Å²) in [5, 5.41) is 2.83. The van der Waals surface area contributed by atoms with Gasteiger partial charge in [-0.15, -0.1) is 0 Å². The molecule has 2 aromatic carbocycles. The minimum atomic E-state index is -0.612. The highest BCUT2D eigenvalue weighted by Gasteiger charge is 2.25. The van der Waals surface area contributed by atoms with E-state index in [4.69, 9.17) is 0 Å². The maximum absolute atomic E-state index is 13.2. The lowest BCUT2D eigenvalue weighted by molar-refractivity contribution is -0.117. The van der Waals surface area contributed by atoms with Crippen molar-refractivity contribution >= 4 is 17.2 Å². The molecule has 1 amide bonds. The minimum Gasteiger partial charge on any atom is -0.343 e. The second-order valence-corrected chi connectivity index (χ2v) is 7.20. The Morgan fingerprint density at radius 2 is 1.59 bits per heavy atom. The molecule has 0 unspecified atom stereocenters. The second-order valence-electron chi connectivity index (χ2n) is 7.20. The summed E-state index contributed by atoms with van der Waals surface area (Å²) in [5.74, 6) is -1.16. The Morgan fingerprint density at radius 1 is 0.897 bits per heavy atom. The molecule has 0 saturated carbocycles. The van der Waals surface area contributed by atoms with E-state index >= 15 is 0 Å². The molecule has 0 bridgehead atoms. The molecule has 1 N–H and O–H groups in total. The molecule has 4 nitrogen and oxygen atoms in total. The summed E-state index contributed by atoms with van der Waals surface area (Å²) in [6.07, 6.45) is 1.81. The first-order valence-electron chi connectivity index (χ1n) is 9.62. The van der Waals surface area contributed by atoms with Gasteiger partial charge in [-0.3, -0.25) is 9.59 Å². The Labute approximate surface area is 169 Å². The maximum atomic E-state index is 13.2. The first-order valence-corrected chi connectivity index (χ1v) is 9.62. The quantitative estimate of drug-likeness (QED) is 0.391. The number of nitrogens with one attached hydrogen (secondary N) is 1. The fraction of sp³-hybridized carbons (Fsp3) is 0.120. The zero-order valence-electron chi connectivity index (χ0n) is 16.4. The Balaban J connectivity index is 1.72. The molecule has 4 heteroatoms. The van der Waals surface area contributed by atoms with Crippen LogP contribution in [-0.4, -0.2) is 16.1 Å². The van der Waals surface area contributed by atoms with Crippen LogP contribution in [0.5, 0.6) is 0 Å². The lowest BCUT2D eigenvalue weighted by atomic mass is 10.0. The molecule has 0 spiro atoms. The Bertz CT molecular complexity index is 1170. The second kappa shape index (κ2) is 7.76. The van der Waals surface area contributed by atoms with Crippen molar-refractivity contribution in [2.24, 2.45) is 0 Å². The summed E-state index contributed by atoms with van der Waals surface area (Å²) >= 11 is 0. The third-order valence-corrected chi connectivity index (χ3v) is 5.11. The van der Waals surface area contributed by atoms with E-state index in [0.717, 1.165) is 27.8 Å². The molecule has 2 aromatic heterocycles. The van der Waals surface area contributed by atoms with Gasteiger partial charge in [-0.05, 0) is 43.2 Å². The van der Waals surface area contributed by atoms with Crippen LogP contribution in [0.4, 0.5) is 0 Å². The van der Waals surface area contributed by atoms with Crippen LogP contribution < -0.4 is 5.32 Å². The number of hydrogen-bond donors (Lipinski definition) is 1. The molecule has 1 atom stereocenters. The molecule has 0 radical (unpaired) electrons. The fourth-order valence-electron chi connectivity index (χ4n) is 3.50. The van der Waals surface area contributed by atoms with E-state index in [-0.39, 0.29) is 6.04 Å². The van der Waals surface area contributed by atoms with E-state index in [2.05, 4.69) is 5.32 Å². The fourth-order valence-corrected chi connectivity index (χ4v) is 3.50. The van der Waals surface area contributed by atoms with Crippen LogP contribution in [0.3, 0.4) is 0 Å². The topological polar surface area (TPSA) is 50.6 Å². The number of ketones is 1. The number of aryl methyl sites for hydroxylation is 1. The SMILES string of the molecule is Cc1ccc(-c2cc3ccccn3c2C(=O)C(=O)N[C@@H](C)c2ccccc2)cc1. The Morgan fingerprint density at radius 3 is 2.31 bits per heavy atom. The summed E-state index contributed by atoms with van der Waals surface area (Å²) in [4.78, 5) is 26.0. The molecule has 0 aliphatic carbocycles. The van der Waals surface area contributed by atoms with Crippen molar-refractivity contribution in [3.8, 4) is 11.1 Å². The minimum absolute atomic E-state index is 0.262. The summed E-state index contributed by atoms with van der Waals surface area (Å²) in [6, 6.07) is 25.0. The first kappa shape index (κ1) is 18.7. The van der Waals surface area contributed by atoms with E-state index in [1.54, 1.807) is 4.40 Å². The van der Waals surface area contributed by atoms with Gasteiger partial charge in [0.15, 0.2) is 0 Å². The van der Waals surface area contributed by atoms with Crippen molar-refractivity contribution in [3.63, 3.8) is 0 Å². The third kappa shape index (κ3) is 3.69. The van der Waals surface area contributed by atoms with Crippen molar-refractivity contribution in [1.29, 1.82) is 0 Å². The lowest BCUT2D eigenvalue weighted by Crippen LogP contribution is -2.34. The molecule has 0 aliphatic heterocycles. The van der Waals surface area contributed by atoms with E-state index in [0.29, 0.717) is 5.69 Å². The van der Waals surface area contributed by atoms with Crippen molar-refractivity contribution in [3.05, 3.63) is 102 Å². The van der Waals surface area contributed by atoms with Gasteiger partial charge in [-0.1, -0.05) is 66.2 Å². The van der Waals surface area contributed by atoms with Gasteiger partial charge in [0, 0.05) is 17.3 Å². The Hall–Kier alpha value is -3.66. The van der Waals surface area contributed by atoms with Gasteiger partial charge in [-0.25, -0.2) is 0 Å². The van der Waals surface area contributed by atoms with Crippen LogP contribution in [-0.2, 0) is 4.79 Å². The van der Waals surface area contributed by atoms with Crippen LogP contribution >= 0.6 is 0 Å². The summed E-state index contributed by atoms with van der Waals surface area (Å²) in [7, 11) is 0. The van der Waals surface area contributed by atoms with Crippen molar-refractivity contribution in [2.45, 2.75) is 19.9 Å². The Kier molecular flexibility index (Phi) is 5.00. The van der Waals surface area contributed by atoms with Gasteiger partial charge in [0.25, 0.3) is 11.7 Å². The van der Waals surface area contributed by atoms with E-state index < -0.39 is 11.7 Å². The number of rotatable bonds is 5. The first-order chi connectivity index (χ1) is 14.0. The highest BCUT2D eigenvalue weighted by molar-refractivity contribution is 6.43. The number of fused-ring (bicyclic) bond motifs is 1. The normalized spacial score (nSPS) is 11.9. The molecule has 0 aliphatic rings. The summed E-state index contributed by atoms with van der Waals surface area (Å²) in [5.41, 5.74) is 5.00. The van der Waals surface area contributed by atoms with Crippen LogP contribution in [0.2, 0.25) is 0 Å². The van der Waals surface area contributed by atoms with E-state index in [9.17, 15) is 9.59 Å². The molecular weight excluding hydrogens is 360 g/mol. The maximum Gasteiger partial charge on any atom is 0.294 e. The number of aromatic nitrogens is 1. The number of hydrogen-bond acceptors (Lipinski definition) is 2. The van der Waals surface area contributed by atoms with Crippen molar-refractivity contribution in [1.82, 2.24) is 9.72 Å². The number of carbonyl (C=O) groups is 2. The van der Waals surface area contributed by atoms with Gasteiger partial charge in [0.1, 0.15) is 5.69 Å². The van der Waals surface area contributed by atoms with Gasteiger partial charge in [-0.2, -0.15) is 0 Å². The third-order valence-electron chi connectivity index (χ3n) is 5.11. The van der Waals surface area contributed by atoms with Gasteiger partial charge in [0.2, 0.25) is 0 Å². The molecule has 0 fully saturated rings. The predicted molar refractivity (Wildman–Crippen MR) is 115 cm³/mol. The molecule has 4 rings (SSSR count). The molecular formula is C25H22N2O2. The number of pyridine rings is 1. The molecule has 0 saturated heterocycles. The number of amides is 1.